The average Bonchev–Trinajstić information content (AvgIpc) is 3.28. The molecule has 7 heteroatoms. The van der Waals surface area contributed by atoms with E-state index in [9.17, 15) is 4.79 Å². The van der Waals surface area contributed by atoms with Crippen molar-refractivity contribution in [1.29, 1.82) is 0 Å². The van der Waals surface area contributed by atoms with Gasteiger partial charge in [-0.25, -0.2) is 0 Å². The van der Waals surface area contributed by atoms with Crippen LogP contribution in [0.3, 0.4) is 0 Å². The van der Waals surface area contributed by atoms with Crippen molar-refractivity contribution < 1.29 is 18.8 Å². The van der Waals surface area contributed by atoms with Gasteiger partial charge in [-0.15, -0.1) is 0 Å². The number of likely N-dealkylation sites (tertiary alicyclic amines) is 1. The van der Waals surface area contributed by atoms with E-state index < -0.39 is 0 Å². The van der Waals surface area contributed by atoms with E-state index in [4.69, 9.17) is 14.0 Å². The largest absolute Gasteiger partial charge is 0.497 e. The van der Waals surface area contributed by atoms with Crippen LogP contribution in [-0.2, 0) is 28.0 Å². The fraction of sp³-hybridized carbons (Fsp3) is 0.423. The Labute approximate surface area is 193 Å². The molecule has 1 atom stereocenters. The van der Waals surface area contributed by atoms with Crippen molar-refractivity contribution in [2.24, 2.45) is 0 Å². The molecule has 1 unspecified atom stereocenters. The van der Waals surface area contributed by atoms with Gasteiger partial charge in [-0.1, -0.05) is 47.6 Å². The Morgan fingerprint density at radius 3 is 2.67 bits per heavy atom. The predicted octanol–water partition coefficient (Wildman–Crippen LogP) is 3.89. The van der Waals surface area contributed by atoms with Gasteiger partial charge in [-0.3, -0.25) is 4.79 Å². The average molecular weight is 448 g/mol. The number of carbonyl (C=O) groups is 1. The van der Waals surface area contributed by atoms with Crippen LogP contribution in [0.25, 0.3) is 0 Å². The molecule has 0 bridgehead atoms. The Hall–Kier alpha value is -3.19. The van der Waals surface area contributed by atoms with Gasteiger partial charge in [0.25, 0.3) is 0 Å². The second kappa shape index (κ2) is 9.35. The topological polar surface area (TPSA) is 77.7 Å². The number of benzene rings is 2. The SMILES string of the molecule is COc1ccc(C2(C(=O)N3CCC(c4nc(CCOCc5ccccc5)no4)C3)CC2)cc1. The summed E-state index contributed by atoms with van der Waals surface area (Å²) in [6.45, 7) is 2.46. The zero-order valence-corrected chi connectivity index (χ0v) is 18.9. The first-order valence-electron chi connectivity index (χ1n) is 11.6. The van der Waals surface area contributed by atoms with Crippen LogP contribution in [0.4, 0.5) is 0 Å². The molecule has 0 spiro atoms. The zero-order chi connectivity index (χ0) is 22.7. The molecule has 2 heterocycles. The lowest BCUT2D eigenvalue weighted by molar-refractivity contribution is -0.132. The molecule has 2 fully saturated rings. The van der Waals surface area contributed by atoms with E-state index in [2.05, 4.69) is 10.1 Å². The van der Waals surface area contributed by atoms with E-state index in [1.807, 2.05) is 59.5 Å². The lowest BCUT2D eigenvalue weighted by Crippen LogP contribution is -2.37. The first kappa shape index (κ1) is 21.6. The van der Waals surface area contributed by atoms with E-state index in [1.54, 1.807) is 7.11 Å². The van der Waals surface area contributed by atoms with Crippen molar-refractivity contribution in [3.05, 3.63) is 77.4 Å². The van der Waals surface area contributed by atoms with Gasteiger partial charge in [0.2, 0.25) is 11.8 Å². The van der Waals surface area contributed by atoms with Crippen molar-refractivity contribution in [3.63, 3.8) is 0 Å². The minimum Gasteiger partial charge on any atom is -0.497 e. The van der Waals surface area contributed by atoms with Crippen LogP contribution in [0.5, 0.6) is 5.75 Å². The molecule has 2 aromatic carbocycles. The normalized spacial score (nSPS) is 18.9. The maximum absolute atomic E-state index is 13.4. The molecule has 1 amide bonds. The molecule has 1 saturated heterocycles. The van der Waals surface area contributed by atoms with E-state index >= 15 is 0 Å². The molecule has 1 aromatic heterocycles. The number of carbonyl (C=O) groups excluding carboxylic acids is 1. The monoisotopic (exact) mass is 447 g/mol. The Kier molecular flexibility index (Phi) is 6.13. The number of hydrogen-bond acceptors (Lipinski definition) is 6. The summed E-state index contributed by atoms with van der Waals surface area (Å²) in [5, 5.41) is 4.12. The van der Waals surface area contributed by atoms with Crippen LogP contribution in [0.2, 0.25) is 0 Å². The molecule has 1 saturated carbocycles. The molecule has 0 N–H and O–H groups in total. The second-order valence-electron chi connectivity index (χ2n) is 8.88. The Morgan fingerprint density at radius 2 is 1.94 bits per heavy atom. The number of aromatic nitrogens is 2. The number of nitrogens with zero attached hydrogens (tertiary/aromatic N) is 3. The molecule has 2 aliphatic rings. The lowest BCUT2D eigenvalue weighted by atomic mass is 9.94. The third kappa shape index (κ3) is 4.64. The fourth-order valence-corrected chi connectivity index (χ4v) is 4.57. The maximum atomic E-state index is 13.4. The summed E-state index contributed by atoms with van der Waals surface area (Å²) in [7, 11) is 1.65. The number of amides is 1. The third-order valence-corrected chi connectivity index (χ3v) is 6.69. The van der Waals surface area contributed by atoms with Crippen molar-refractivity contribution >= 4 is 5.91 Å². The number of ether oxygens (including phenoxy) is 2. The van der Waals surface area contributed by atoms with Crippen molar-refractivity contribution in [1.82, 2.24) is 15.0 Å². The summed E-state index contributed by atoms with van der Waals surface area (Å²) < 4.78 is 16.5. The number of hydrogen-bond donors (Lipinski definition) is 0. The highest BCUT2D eigenvalue weighted by Gasteiger charge is 2.54. The first-order chi connectivity index (χ1) is 16.2. The molecular weight excluding hydrogens is 418 g/mol. The van der Waals surface area contributed by atoms with Crippen LogP contribution < -0.4 is 4.74 Å². The highest BCUT2D eigenvalue weighted by molar-refractivity contribution is 5.91. The van der Waals surface area contributed by atoms with Gasteiger partial charge >= 0.3 is 0 Å². The highest BCUT2D eigenvalue weighted by Crippen LogP contribution is 2.50. The smallest absolute Gasteiger partial charge is 0.233 e. The van der Waals surface area contributed by atoms with Gasteiger partial charge in [-0.05, 0) is 42.5 Å². The summed E-state index contributed by atoms with van der Waals surface area (Å²) in [6.07, 6.45) is 3.24. The van der Waals surface area contributed by atoms with Gasteiger partial charge in [0.15, 0.2) is 5.82 Å². The third-order valence-electron chi connectivity index (χ3n) is 6.69. The van der Waals surface area contributed by atoms with Crippen LogP contribution in [0.15, 0.2) is 59.1 Å². The zero-order valence-electron chi connectivity index (χ0n) is 18.9. The van der Waals surface area contributed by atoms with Crippen molar-refractivity contribution in [2.45, 2.75) is 43.6 Å². The van der Waals surface area contributed by atoms with Crippen LogP contribution in [0, 0.1) is 0 Å². The van der Waals surface area contributed by atoms with E-state index in [1.165, 1.54) is 0 Å². The Morgan fingerprint density at radius 1 is 1.15 bits per heavy atom. The van der Waals surface area contributed by atoms with E-state index in [0.29, 0.717) is 37.9 Å². The first-order valence-corrected chi connectivity index (χ1v) is 11.6. The molecule has 1 aliphatic heterocycles. The van der Waals surface area contributed by atoms with E-state index in [0.717, 1.165) is 42.7 Å². The number of methoxy groups -OCH3 is 1. The summed E-state index contributed by atoms with van der Waals surface area (Å²) in [4.78, 5) is 19.9. The molecule has 5 rings (SSSR count). The molecular formula is C26H29N3O4. The summed E-state index contributed by atoms with van der Waals surface area (Å²) in [6, 6.07) is 18.0. The van der Waals surface area contributed by atoms with Crippen LogP contribution in [-0.4, -0.2) is 47.8 Å². The van der Waals surface area contributed by atoms with Crippen molar-refractivity contribution in [2.75, 3.05) is 26.8 Å². The quantitative estimate of drug-likeness (QED) is 0.463. The molecule has 7 nitrogen and oxygen atoms in total. The lowest BCUT2D eigenvalue weighted by Gasteiger charge is -2.23. The van der Waals surface area contributed by atoms with E-state index in [-0.39, 0.29) is 17.2 Å². The second-order valence-corrected chi connectivity index (χ2v) is 8.88. The van der Waals surface area contributed by atoms with Crippen LogP contribution in [0.1, 0.15) is 48.0 Å². The van der Waals surface area contributed by atoms with Gasteiger partial charge in [0.05, 0.1) is 31.7 Å². The highest BCUT2D eigenvalue weighted by atomic mass is 16.5. The maximum Gasteiger partial charge on any atom is 0.233 e. The summed E-state index contributed by atoms with van der Waals surface area (Å²) in [5.74, 6) is 2.38. The number of rotatable bonds is 9. The fourth-order valence-electron chi connectivity index (χ4n) is 4.57. The van der Waals surface area contributed by atoms with Gasteiger partial charge < -0.3 is 18.9 Å². The molecule has 3 aromatic rings. The Bertz CT molecular complexity index is 1080. The van der Waals surface area contributed by atoms with Crippen LogP contribution >= 0.6 is 0 Å². The molecule has 0 radical (unpaired) electrons. The molecule has 172 valence electrons. The van der Waals surface area contributed by atoms with Gasteiger partial charge in [0, 0.05) is 19.5 Å². The van der Waals surface area contributed by atoms with Crippen molar-refractivity contribution in [3.8, 4) is 5.75 Å². The standard InChI is InChI=1S/C26H29N3O4/c1-31-22-9-7-21(8-10-22)26(13-14-26)25(30)29-15-11-20(17-29)24-27-23(28-33-24)12-16-32-18-19-5-3-2-4-6-19/h2-10,20H,11-18H2,1H3. The molecule has 1 aliphatic carbocycles. The minimum absolute atomic E-state index is 0.0899. The summed E-state index contributed by atoms with van der Waals surface area (Å²) in [5.41, 5.74) is 1.84. The molecule has 33 heavy (non-hydrogen) atoms. The minimum atomic E-state index is -0.378. The van der Waals surface area contributed by atoms with Gasteiger partial charge in [-0.2, -0.15) is 4.98 Å². The van der Waals surface area contributed by atoms with Gasteiger partial charge in [0.1, 0.15) is 5.75 Å². The summed E-state index contributed by atoms with van der Waals surface area (Å²) >= 11 is 0. The Balaban J connectivity index is 1.13. The predicted molar refractivity (Wildman–Crippen MR) is 122 cm³/mol.